The summed E-state index contributed by atoms with van der Waals surface area (Å²) in [6.45, 7) is 4.19. The molecule has 0 bridgehead atoms. The van der Waals surface area contributed by atoms with E-state index in [-0.39, 0.29) is 16.0 Å². The van der Waals surface area contributed by atoms with Crippen molar-refractivity contribution < 1.29 is 13.2 Å². The Labute approximate surface area is 146 Å². The number of hydrogen-bond acceptors (Lipinski definition) is 6. The summed E-state index contributed by atoms with van der Waals surface area (Å²) < 4.78 is 17.4. The van der Waals surface area contributed by atoms with Crippen LogP contribution < -0.4 is 20.4 Å². The number of amides is 2. The maximum Gasteiger partial charge on any atom is 0.333 e. The van der Waals surface area contributed by atoms with Crippen LogP contribution in [0.2, 0.25) is 5.15 Å². The van der Waals surface area contributed by atoms with Gasteiger partial charge in [0.05, 0.1) is 6.20 Å². The quantitative estimate of drug-likeness (QED) is 0.674. The number of nitrogens with one attached hydrogen (secondary N) is 3. The van der Waals surface area contributed by atoms with E-state index >= 15 is 0 Å². The van der Waals surface area contributed by atoms with Crippen molar-refractivity contribution >= 4 is 34.5 Å². The molecule has 2 aromatic rings. The zero-order valence-corrected chi connectivity index (χ0v) is 14.6. The molecule has 0 saturated carbocycles. The number of aryl methyl sites for hydroxylation is 1. The van der Waals surface area contributed by atoms with E-state index in [2.05, 4.69) is 26.1 Å². The van der Waals surface area contributed by atoms with Crippen LogP contribution in [0.1, 0.15) is 12.5 Å². The van der Waals surface area contributed by atoms with Crippen LogP contribution >= 0.6 is 11.6 Å². The van der Waals surface area contributed by atoms with Gasteiger partial charge in [0, 0.05) is 6.54 Å². The van der Waals surface area contributed by atoms with Crippen LogP contribution in [-0.4, -0.2) is 26.8 Å². The lowest BCUT2D eigenvalue weighted by atomic mass is 10.2. The molecule has 2 rings (SSSR count). The molecular weight excluding hydrogens is 354 g/mol. The number of hydrogen-bond donors (Lipinski definition) is 3. The highest BCUT2D eigenvalue weighted by molar-refractivity contribution is 7.80. The highest BCUT2D eigenvalue weighted by Gasteiger charge is 2.13. The second-order valence-electron chi connectivity index (χ2n) is 4.59. The van der Waals surface area contributed by atoms with E-state index in [4.69, 9.17) is 15.8 Å². The summed E-state index contributed by atoms with van der Waals surface area (Å²) in [5.74, 6) is 0.566. The normalized spacial score (nSPS) is 11.5. The molecule has 0 radical (unpaired) electrons. The molecule has 0 aliphatic carbocycles. The van der Waals surface area contributed by atoms with E-state index < -0.39 is 17.1 Å². The molecule has 1 aromatic carbocycles. The molecule has 0 aliphatic rings. The Kier molecular flexibility index (Phi) is 6.33. The Hall–Kier alpha value is -2.39. The molecule has 1 aromatic heterocycles. The predicted octanol–water partition coefficient (Wildman–Crippen LogP) is 2.19. The van der Waals surface area contributed by atoms with Gasteiger partial charge in [0.15, 0.2) is 16.0 Å². The zero-order chi connectivity index (χ0) is 17.5. The molecule has 2 amide bonds. The summed E-state index contributed by atoms with van der Waals surface area (Å²) in [4.78, 5) is 19.2. The fraction of sp³-hybridized carbons (Fsp3) is 0.214. The number of rotatable bonds is 6. The third-order valence-electron chi connectivity index (χ3n) is 2.70. The van der Waals surface area contributed by atoms with Crippen LogP contribution in [0.4, 0.5) is 10.6 Å². The van der Waals surface area contributed by atoms with Gasteiger partial charge in [-0.15, -0.1) is 0 Å². The maximum atomic E-state index is 12.1. The molecule has 0 saturated heterocycles. The van der Waals surface area contributed by atoms with Crippen LogP contribution in [0, 0.1) is 6.92 Å². The summed E-state index contributed by atoms with van der Waals surface area (Å²) in [5, 5.41) is 2.53. The van der Waals surface area contributed by atoms with E-state index in [1.807, 2.05) is 19.1 Å². The van der Waals surface area contributed by atoms with E-state index in [0.717, 1.165) is 5.56 Å². The van der Waals surface area contributed by atoms with Crippen molar-refractivity contribution in [2.75, 3.05) is 12.0 Å². The minimum atomic E-state index is -1.86. The SMILES string of the molecule is CCNC(=O)NNc1ncc(S(=O)Oc2ccc(C)cc2)nc1Cl. The second kappa shape index (κ2) is 8.46. The number of aromatic nitrogens is 2. The molecule has 0 fully saturated rings. The third kappa shape index (κ3) is 5.07. The number of carbonyl (C=O) groups excluding carboxylic acids is 1. The number of nitrogens with zero attached hydrogens (tertiary/aromatic N) is 2. The van der Waals surface area contributed by atoms with Crippen molar-refractivity contribution in [3.63, 3.8) is 0 Å². The topological polar surface area (TPSA) is 105 Å². The Balaban J connectivity index is 2.01. The standard InChI is InChI=1S/C14H16ClN5O3S/c1-3-16-14(21)20-19-13-12(15)18-11(8-17-13)24(22)23-10-6-4-9(2)5-7-10/h4-8H,3H2,1-2H3,(H,17,19)(H2,16,20,21). The first-order chi connectivity index (χ1) is 11.5. The lowest BCUT2D eigenvalue weighted by Crippen LogP contribution is -2.39. The lowest BCUT2D eigenvalue weighted by Gasteiger charge is -2.10. The van der Waals surface area contributed by atoms with Crippen molar-refractivity contribution in [3.8, 4) is 5.75 Å². The average molecular weight is 370 g/mol. The Bertz CT molecular complexity index is 742. The molecule has 0 aliphatic heterocycles. The van der Waals surface area contributed by atoms with Crippen molar-refractivity contribution in [1.29, 1.82) is 0 Å². The van der Waals surface area contributed by atoms with Gasteiger partial charge in [0.25, 0.3) is 11.1 Å². The van der Waals surface area contributed by atoms with E-state index in [1.54, 1.807) is 19.1 Å². The minimum Gasteiger partial charge on any atom is -0.396 e. The zero-order valence-electron chi connectivity index (χ0n) is 13.0. The number of halogens is 1. The average Bonchev–Trinajstić information content (AvgIpc) is 2.56. The van der Waals surface area contributed by atoms with E-state index in [9.17, 15) is 9.00 Å². The van der Waals surface area contributed by atoms with Crippen LogP contribution in [0.5, 0.6) is 5.75 Å². The van der Waals surface area contributed by atoms with E-state index in [1.165, 1.54) is 6.20 Å². The lowest BCUT2D eigenvalue weighted by molar-refractivity contribution is 0.243. The van der Waals surface area contributed by atoms with Gasteiger partial charge < -0.3 is 9.50 Å². The van der Waals surface area contributed by atoms with Crippen LogP contribution in [0.25, 0.3) is 0 Å². The fourth-order valence-corrected chi connectivity index (χ4v) is 2.47. The maximum absolute atomic E-state index is 12.1. The van der Waals surface area contributed by atoms with Crippen LogP contribution in [-0.2, 0) is 11.1 Å². The molecular formula is C14H16ClN5O3S. The van der Waals surface area contributed by atoms with Gasteiger partial charge in [0.2, 0.25) is 0 Å². The number of anilines is 1. The molecule has 3 N–H and O–H groups in total. The third-order valence-corrected chi connectivity index (χ3v) is 3.85. The summed E-state index contributed by atoms with van der Waals surface area (Å²) in [5.41, 5.74) is 5.91. The van der Waals surface area contributed by atoms with Gasteiger partial charge in [-0.25, -0.2) is 19.0 Å². The smallest absolute Gasteiger partial charge is 0.333 e. The number of hydrazine groups is 1. The van der Waals surface area contributed by atoms with Crippen molar-refractivity contribution in [3.05, 3.63) is 41.2 Å². The van der Waals surface area contributed by atoms with Gasteiger partial charge >= 0.3 is 6.03 Å². The van der Waals surface area contributed by atoms with Crippen LogP contribution in [0.3, 0.4) is 0 Å². The Morgan fingerprint density at radius 2 is 2.04 bits per heavy atom. The molecule has 128 valence electrons. The van der Waals surface area contributed by atoms with Crippen LogP contribution in [0.15, 0.2) is 35.5 Å². The van der Waals surface area contributed by atoms with Gasteiger partial charge in [-0.3, -0.25) is 10.9 Å². The highest BCUT2D eigenvalue weighted by atomic mass is 35.5. The number of benzene rings is 1. The minimum absolute atomic E-state index is 0.0508. The first-order valence-electron chi connectivity index (χ1n) is 6.98. The van der Waals surface area contributed by atoms with Crippen molar-refractivity contribution in [1.82, 2.24) is 20.7 Å². The second-order valence-corrected chi connectivity index (χ2v) is 6.00. The first-order valence-corrected chi connectivity index (χ1v) is 8.44. The molecule has 24 heavy (non-hydrogen) atoms. The number of urea groups is 1. The fourth-order valence-electron chi connectivity index (χ4n) is 1.56. The predicted molar refractivity (Wildman–Crippen MR) is 91.1 cm³/mol. The summed E-state index contributed by atoms with van der Waals surface area (Å²) in [6.07, 6.45) is 1.25. The van der Waals surface area contributed by atoms with Crippen molar-refractivity contribution in [2.45, 2.75) is 18.9 Å². The van der Waals surface area contributed by atoms with E-state index in [0.29, 0.717) is 12.3 Å². The van der Waals surface area contributed by atoms with Gasteiger partial charge in [-0.1, -0.05) is 29.3 Å². The first kappa shape index (κ1) is 18.0. The molecule has 1 atom stereocenters. The molecule has 8 nitrogen and oxygen atoms in total. The van der Waals surface area contributed by atoms with Gasteiger partial charge in [-0.05, 0) is 26.0 Å². The van der Waals surface area contributed by atoms with Gasteiger partial charge in [-0.2, -0.15) is 0 Å². The van der Waals surface area contributed by atoms with Crippen molar-refractivity contribution in [2.24, 2.45) is 0 Å². The summed E-state index contributed by atoms with van der Waals surface area (Å²) >= 11 is 4.10. The Morgan fingerprint density at radius 3 is 2.67 bits per heavy atom. The largest absolute Gasteiger partial charge is 0.396 e. The molecule has 10 heteroatoms. The van der Waals surface area contributed by atoms with Gasteiger partial charge in [0.1, 0.15) is 5.75 Å². The molecule has 1 heterocycles. The molecule has 1 unspecified atom stereocenters. The molecule has 0 spiro atoms. The monoisotopic (exact) mass is 369 g/mol. The Morgan fingerprint density at radius 1 is 1.33 bits per heavy atom. The number of carbonyl (C=O) groups is 1. The summed E-state index contributed by atoms with van der Waals surface area (Å²) in [6, 6.07) is 6.64. The summed E-state index contributed by atoms with van der Waals surface area (Å²) in [7, 11) is 0. The highest BCUT2D eigenvalue weighted by Crippen LogP contribution is 2.19.